The second-order valence-electron chi connectivity index (χ2n) is 5.07. The van der Waals surface area contributed by atoms with Crippen molar-refractivity contribution < 1.29 is 14.3 Å². The second kappa shape index (κ2) is 8.78. The minimum absolute atomic E-state index is 0.495. The maximum absolute atomic E-state index is 10.2. The SMILES string of the molecule is COc1ccc(CSC2CCCC=C2CCOC=O)cc1. The number of benzene rings is 1. The van der Waals surface area contributed by atoms with Crippen LogP contribution in [0.15, 0.2) is 35.9 Å². The van der Waals surface area contributed by atoms with E-state index in [1.54, 1.807) is 7.11 Å². The molecule has 3 nitrogen and oxygen atoms in total. The molecule has 0 bridgehead atoms. The van der Waals surface area contributed by atoms with Crippen molar-refractivity contribution in [3.63, 3.8) is 0 Å². The van der Waals surface area contributed by atoms with Crippen molar-refractivity contribution in [2.45, 2.75) is 36.7 Å². The number of carbonyl (C=O) groups excluding carboxylic acids is 1. The maximum atomic E-state index is 10.2. The topological polar surface area (TPSA) is 35.5 Å². The first-order valence-electron chi connectivity index (χ1n) is 7.32. The van der Waals surface area contributed by atoms with Gasteiger partial charge in [-0.2, -0.15) is 0 Å². The Balaban J connectivity index is 1.85. The molecule has 0 radical (unpaired) electrons. The lowest BCUT2D eigenvalue weighted by molar-refractivity contribution is -0.128. The van der Waals surface area contributed by atoms with Crippen LogP contribution in [0.25, 0.3) is 0 Å². The molecular formula is C17H22O3S. The maximum Gasteiger partial charge on any atom is 0.293 e. The summed E-state index contributed by atoms with van der Waals surface area (Å²) in [5.41, 5.74) is 2.75. The van der Waals surface area contributed by atoms with Crippen LogP contribution >= 0.6 is 11.8 Å². The summed E-state index contributed by atoms with van der Waals surface area (Å²) < 4.78 is 10.0. The van der Waals surface area contributed by atoms with Gasteiger partial charge in [0.15, 0.2) is 0 Å². The van der Waals surface area contributed by atoms with Crippen LogP contribution in [0, 0.1) is 0 Å². The number of hydrogen-bond acceptors (Lipinski definition) is 4. The van der Waals surface area contributed by atoms with E-state index in [1.165, 1.54) is 24.0 Å². The molecule has 21 heavy (non-hydrogen) atoms. The van der Waals surface area contributed by atoms with E-state index in [-0.39, 0.29) is 0 Å². The average molecular weight is 306 g/mol. The first kappa shape index (κ1) is 16.0. The number of ether oxygens (including phenoxy) is 2. The second-order valence-corrected chi connectivity index (χ2v) is 6.27. The van der Waals surface area contributed by atoms with Gasteiger partial charge in [0.25, 0.3) is 6.47 Å². The number of thioether (sulfide) groups is 1. The van der Waals surface area contributed by atoms with E-state index in [2.05, 4.69) is 18.2 Å². The quantitative estimate of drug-likeness (QED) is 0.413. The normalized spacial score (nSPS) is 18.0. The van der Waals surface area contributed by atoms with Crippen LogP contribution in [0.4, 0.5) is 0 Å². The fourth-order valence-corrected chi connectivity index (χ4v) is 3.85. The molecule has 1 aliphatic carbocycles. The summed E-state index contributed by atoms with van der Waals surface area (Å²) in [5, 5.41) is 0.552. The van der Waals surface area contributed by atoms with E-state index in [1.807, 2.05) is 23.9 Å². The molecule has 0 fully saturated rings. The highest BCUT2D eigenvalue weighted by Crippen LogP contribution is 2.33. The van der Waals surface area contributed by atoms with Gasteiger partial charge < -0.3 is 9.47 Å². The number of methoxy groups -OCH3 is 1. The van der Waals surface area contributed by atoms with Crippen LogP contribution in [0.5, 0.6) is 5.75 Å². The van der Waals surface area contributed by atoms with Gasteiger partial charge in [-0.15, -0.1) is 11.8 Å². The molecule has 1 aliphatic rings. The molecule has 0 amide bonds. The third kappa shape index (κ3) is 5.12. The van der Waals surface area contributed by atoms with Crippen LogP contribution < -0.4 is 4.74 Å². The Labute approximate surface area is 130 Å². The highest BCUT2D eigenvalue weighted by atomic mass is 32.2. The highest BCUT2D eigenvalue weighted by Gasteiger charge is 2.18. The molecule has 0 saturated carbocycles. The predicted molar refractivity (Wildman–Crippen MR) is 86.6 cm³/mol. The molecule has 1 aromatic rings. The molecule has 1 unspecified atom stereocenters. The zero-order valence-corrected chi connectivity index (χ0v) is 13.2. The van der Waals surface area contributed by atoms with E-state index in [0.29, 0.717) is 18.3 Å². The monoisotopic (exact) mass is 306 g/mol. The third-order valence-corrected chi connectivity index (χ3v) is 5.12. The largest absolute Gasteiger partial charge is 0.497 e. The summed E-state index contributed by atoms with van der Waals surface area (Å²) in [6.45, 7) is 1.03. The molecule has 0 saturated heterocycles. The predicted octanol–water partition coefficient (Wildman–Crippen LogP) is 3.97. The fourth-order valence-electron chi connectivity index (χ4n) is 2.50. The Bertz CT molecular complexity index is 467. The fraction of sp³-hybridized carbons (Fsp3) is 0.471. The lowest BCUT2D eigenvalue weighted by Gasteiger charge is -2.24. The minimum atomic E-state index is 0.495. The van der Waals surface area contributed by atoms with Crippen LogP contribution in [0.3, 0.4) is 0 Å². The Hall–Kier alpha value is -1.42. The molecule has 4 heteroatoms. The van der Waals surface area contributed by atoms with Gasteiger partial charge in [0.05, 0.1) is 13.7 Å². The molecule has 114 valence electrons. The summed E-state index contributed by atoms with van der Waals surface area (Å²) in [6, 6.07) is 8.25. The van der Waals surface area contributed by atoms with Gasteiger partial charge in [0.1, 0.15) is 5.75 Å². The Morgan fingerprint density at radius 2 is 2.14 bits per heavy atom. The van der Waals surface area contributed by atoms with Gasteiger partial charge in [-0.1, -0.05) is 23.8 Å². The molecule has 0 aromatic heterocycles. The van der Waals surface area contributed by atoms with E-state index in [4.69, 9.17) is 9.47 Å². The molecule has 0 aliphatic heterocycles. The van der Waals surface area contributed by atoms with E-state index >= 15 is 0 Å². The molecule has 2 rings (SSSR count). The smallest absolute Gasteiger partial charge is 0.293 e. The number of carbonyl (C=O) groups is 1. The van der Waals surface area contributed by atoms with Crippen molar-refractivity contribution in [3.8, 4) is 5.75 Å². The lowest BCUT2D eigenvalue weighted by atomic mass is 9.97. The Morgan fingerprint density at radius 3 is 2.86 bits per heavy atom. The number of hydrogen-bond donors (Lipinski definition) is 0. The summed E-state index contributed by atoms with van der Waals surface area (Å²) in [7, 11) is 1.68. The van der Waals surface area contributed by atoms with E-state index in [0.717, 1.165) is 24.3 Å². The summed E-state index contributed by atoms with van der Waals surface area (Å²) in [5.74, 6) is 1.90. The van der Waals surface area contributed by atoms with Crippen LogP contribution in [-0.4, -0.2) is 25.4 Å². The van der Waals surface area contributed by atoms with Crippen molar-refractivity contribution >= 4 is 18.2 Å². The zero-order chi connectivity index (χ0) is 14.9. The van der Waals surface area contributed by atoms with Crippen LogP contribution in [0.2, 0.25) is 0 Å². The number of allylic oxidation sites excluding steroid dienone is 1. The first-order valence-corrected chi connectivity index (χ1v) is 8.37. The molecule has 0 spiro atoms. The molecular weight excluding hydrogens is 284 g/mol. The highest BCUT2D eigenvalue weighted by molar-refractivity contribution is 7.99. The van der Waals surface area contributed by atoms with Crippen molar-refractivity contribution in [1.82, 2.24) is 0 Å². The van der Waals surface area contributed by atoms with Gasteiger partial charge >= 0.3 is 0 Å². The average Bonchev–Trinajstić information content (AvgIpc) is 2.54. The van der Waals surface area contributed by atoms with Gasteiger partial charge in [-0.25, -0.2) is 0 Å². The van der Waals surface area contributed by atoms with Gasteiger partial charge in [-0.3, -0.25) is 4.79 Å². The minimum Gasteiger partial charge on any atom is -0.497 e. The first-order chi connectivity index (χ1) is 10.3. The van der Waals surface area contributed by atoms with Crippen LogP contribution in [-0.2, 0) is 15.3 Å². The van der Waals surface area contributed by atoms with Crippen molar-refractivity contribution in [3.05, 3.63) is 41.5 Å². The Morgan fingerprint density at radius 1 is 1.33 bits per heavy atom. The summed E-state index contributed by atoms with van der Waals surface area (Å²) in [6.07, 6.45) is 6.80. The van der Waals surface area contributed by atoms with E-state index < -0.39 is 0 Å². The lowest BCUT2D eigenvalue weighted by Crippen LogP contribution is -2.13. The third-order valence-electron chi connectivity index (χ3n) is 3.68. The van der Waals surface area contributed by atoms with Crippen LogP contribution in [0.1, 0.15) is 31.2 Å². The molecule has 0 heterocycles. The van der Waals surface area contributed by atoms with Gasteiger partial charge in [0.2, 0.25) is 0 Å². The van der Waals surface area contributed by atoms with Crippen molar-refractivity contribution in [1.29, 1.82) is 0 Å². The number of rotatable bonds is 8. The zero-order valence-electron chi connectivity index (χ0n) is 12.4. The van der Waals surface area contributed by atoms with Gasteiger partial charge in [0, 0.05) is 17.4 Å². The van der Waals surface area contributed by atoms with Gasteiger partial charge in [-0.05, 0) is 37.0 Å². The standard InChI is InChI=1S/C17H22O3S/c1-19-16-8-6-14(7-9-16)12-21-17-5-3-2-4-15(17)10-11-20-13-18/h4,6-9,13,17H,2-3,5,10-12H2,1H3. The molecule has 0 N–H and O–H groups in total. The summed E-state index contributed by atoms with van der Waals surface area (Å²) >= 11 is 1.98. The molecule has 1 atom stereocenters. The molecule has 1 aromatic carbocycles. The van der Waals surface area contributed by atoms with E-state index in [9.17, 15) is 4.79 Å². The van der Waals surface area contributed by atoms with Crippen molar-refractivity contribution in [2.24, 2.45) is 0 Å². The summed E-state index contributed by atoms with van der Waals surface area (Å²) in [4.78, 5) is 10.2. The van der Waals surface area contributed by atoms with Crippen molar-refractivity contribution in [2.75, 3.05) is 13.7 Å². The Kier molecular flexibility index (Phi) is 6.67.